The number of benzene rings is 2. The largest absolute Gasteiger partial charge is 0.269 e. The molecule has 3 aromatic rings. The molecule has 2 aromatic carbocycles. The molecule has 0 saturated carbocycles. The quantitative estimate of drug-likeness (QED) is 0.348. The maximum atomic E-state index is 10.9. The van der Waals surface area contributed by atoms with Crippen molar-refractivity contribution in [2.75, 3.05) is 0 Å². The van der Waals surface area contributed by atoms with E-state index in [9.17, 15) is 10.1 Å². The van der Waals surface area contributed by atoms with Crippen LogP contribution in [0, 0.1) is 10.1 Å². The van der Waals surface area contributed by atoms with Crippen molar-refractivity contribution >= 4 is 33.3 Å². The Labute approximate surface area is 147 Å². The van der Waals surface area contributed by atoms with E-state index in [0.717, 1.165) is 26.7 Å². The lowest BCUT2D eigenvalue weighted by molar-refractivity contribution is -0.384. The Bertz CT molecular complexity index is 874. The highest BCUT2D eigenvalue weighted by atomic mass is 79.9. The molecule has 0 radical (unpaired) electrons. The molecule has 0 amide bonds. The number of hydrogen-bond donors (Lipinski definition) is 0. The number of pyridine rings is 1. The first-order chi connectivity index (χ1) is 11.6. The van der Waals surface area contributed by atoms with Gasteiger partial charge in [0.15, 0.2) is 0 Å². The predicted molar refractivity (Wildman–Crippen MR) is 98.4 cm³/mol. The second-order valence-corrected chi connectivity index (χ2v) is 6.07. The molecule has 5 heteroatoms. The smallest absolute Gasteiger partial charge is 0.265 e. The van der Waals surface area contributed by atoms with Gasteiger partial charge in [0.2, 0.25) is 0 Å². The van der Waals surface area contributed by atoms with E-state index in [1.54, 1.807) is 24.5 Å². The Morgan fingerprint density at radius 1 is 0.917 bits per heavy atom. The molecule has 0 N–H and O–H groups in total. The van der Waals surface area contributed by atoms with Crippen molar-refractivity contribution in [3.05, 3.63) is 104 Å². The average molecular weight is 381 g/mol. The lowest BCUT2D eigenvalue weighted by Gasteiger charge is -2.09. The number of hydrogen-bond acceptors (Lipinski definition) is 3. The van der Waals surface area contributed by atoms with Crippen LogP contribution in [0.1, 0.15) is 16.7 Å². The lowest BCUT2D eigenvalue weighted by atomic mass is 9.96. The molecule has 4 nitrogen and oxygen atoms in total. The lowest BCUT2D eigenvalue weighted by Crippen LogP contribution is -1.91. The minimum absolute atomic E-state index is 0.0801. The van der Waals surface area contributed by atoms with Crippen molar-refractivity contribution in [1.82, 2.24) is 4.98 Å². The molecule has 0 fully saturated rings. The fourth-order valence-electron chi connectivity index (χ4n) is 2.35. The van der Waals surface area contributed by atoms with Gasteiger partial charge < -0.3 is 0 Å². The van der Waals surface area contributed by atoms with Crippen LogP contribution in [0.3, 0.4) is 0 Å². The topological polar surface area (TPSA) is 56.0 Å². The second-order valence-electron chi connectivity index (χ2n) is 5.15. The van der Waals surface area contributed by atoms with E-state index >= 15 is 0 Å². The zero-order valence-electron chi connectivity index (χ0n) is 12.6. The van der Waals surface area contributed by atoms with Gasteiger partial charge in [-0.25, -0.2) is 0 Å². The van der Waals surface area contributed by atoms with Gasteiger partial charge in [-0.1, -0.05) is 28.1 Å². The summed E-state index contributed by atoms with van der Waals surface area (Å²) in [5, 5.41) is 10.9. The minimum atomic E-state index is -0.395. The molecular formula is C19H13BrN2O2. The van der Waals surface area contributed by atoms with Gasteiger partial charge in [0.05, 0.1) is 4.92 Å². The fraction of sp³-hybridized carbons (Fsp3) is 0. The van der Waals surface area contributed by atoms with Crippen molar-refractivity contribution in [3.63, 3.8) is 0 Å². The van der Waals surface area contributed by atoms with E-state index in [1.165, 1.54) is 12.1 Å². The summed E-state index contributed by atoms with van der Waals surface area (Å²) in [6.07, 6.45) is 5.52. The molecule has 0 saturated heterocycles. The molecule has 0 aliphatic rings. The Morgan fingerprint density at radius 3 is 2.08 bits per heavy atom. The average Bonchev–Trinajstić information content (AvgIpc) is 2.62. The van der Waals surface area contributed by atoms with Gasteiger partial charge in [0, 0.05) is 29.0 Å². The number of non-ortho nitro benzene ring substituents is 1. The van der Waals surface area contributed by atoms with Gasteiger partial charge in [-0.3, -0.25) is 15.1 Å². The summed E-state index contributed by atoms with van der Waals surface area (Å²) in [5.41, 5.74) is 4.02. The summed E-state index contributed by atoms with van der Waals surface area (Å²) in [5.74, 6) is 0. The van der Waals surface area contributed by atoms with E-state index in [2.05, 4.69) is 27.0 Å². The van der Waals surface area contributed by atoms with Crippen LogP contribution in [0.5, 0.6) is 0 Å². The summed E-state index contributed by atoms with van der Waals surface area (Å²) in [6, 6.07) is 18.4. The fourth-order valence-corrected chi connectivity index (χ4v) is 2.62. The van der Waals surface area contributed by atoms with Gasteiger partial charge in [-0.05, 0) is 64.7 Å². The second kappa shape index (κ2) is 7.19. The maximum absolute atomic E-state index is 10.9. The first-order valence-corrected chi connectivity index (χ1v) is 8.05. The predicted octanol–water partition coefficient (Wildman–Crippen LogP) is 5.34. The Kier molecular flexibility index (Phi) is 4.82. The highest BCUT2D eigenvalue weighted by molar-refractivity contribution is 9.10. The molecule has 118 valence electrons. The Morgan fingerprint density at radius 2 is 1.50 bits per heavy atom. The maximum Gasteiger partial charge on any atom is 0.269 e. The van der Waals surface area contributed by atoms with Gasteiger partial charge in [-0.2, -0.15) is 0 Å². The molecule has 1 heterocycles. The molecule has 0 atom stereocenters. The Hall–Kier alpha value is -2.79. The third-order valence-electron chi connectivity index (χ3n) is 3.56. The van der Waals surface area contributed by atoms with E-state index < -0.39 is 4.92 Å². The number of nitro benzene ring substituents is 1. The number of nitrogens with zero attached hydrogens (tertiary/aromatic N) is 2. The molecule has 0 aliphatic carbocycles. The first-order valence-electron chi connectivity index (χ1n) is 7.26. The molecule has 1 aromatic heterocycles. The van der Waals surface area contributed by atoms with Crippen LogP contribution in [0.15, 0.2) is 77.5 Å². The van der Waals surface area contributed by atoms with Crippen LogP contribution < -0.4 is 0 Å². The van der Waals surface area contributed by atoms with E-state index in [4.69, 9.17) is 0 Å². The first kappa shape index (κ1) is 16.1. The minimum Gasteiger partial charge on any atom is -0.265 e. The van der Waals surface area contributed by atoms with Gasteiger partial charge >= 0.3 is 0 Å². The van der Waals surface area contributed by atoms with Gasteiger partial charge in [0.25, 0.3) is 5.69 Å². The van der Waals surface area contributed by atoms with E-state index in [1.807, 2.05) is 36.4 Å². The standard InChI is InChI=1S/C19H13BrN2O2/c20-17-5-1-14(2-6-17)13-19(16-9-11-21-12-10-16)15-3-7-18(8-4-15)22(23)24/h1-13H. The summed E-state index contributed by atoms with van der Waals surface area (Å²) in [7, 11) is 0. The van der Waals surface area contributed by atoms with Gasteiger partial charge in [-0.15, -0.1) is 0 Å². The van der Waals surface area contributed by atoms with E-state index in [-0.39, 0.29) is 5.69 Å². The van der Waals surface area contributed by atoms with E-state index in [0.29, 0.717) is 0 Å². The molecule has 24 heavy (non-hydrogen) atoms. The summed E-state index contributed by atoms with van der Waals surface area (Å²) >= 11 is 3.43. The van der Waals surface area contributed by atoms with Crippen LogP contribution in [-0.4, -0.2) is 9.91 Å². The molecule has 0 unspecified atom stereocenters. The number of rotatable bonds is 4. The van der Waals surface area contributed by atoms with Crippen LogP contribution >= 0.6 is 15.9 Å². The molecule has 3 rings (SSSR count). The summed E-state index contributed by atoms with van der Waals surface area (Å²) in [4.78, 5) is 14.5. The highest BCUT2D eigenvalue weighted by Crippen LogP contribution is 2.27. The van der Waals surface area contributed by atoms with Crippen LogP contribution in [0.25, 0.3) is 11.6 Å². The molecular weight excluding hydrogens is 368 g/mol. The molecule has 0 spiro atoms. The van der Waals surface area contributed by atoms with Crippen molar-refractivity contribution < 1.29 is 4.92 Å². The molecule has 0 aliphatic heterocycles. The number of nitro groups is 1. The highest BCUT2D eigenvalue weighted by Gasteiger charge is 2.09. The zero-order chi connectivity index (χ0) is 16.9. The zero-order valence-corrected chi connectivity index (χ0v) is 14.2. The van der Waals surface area contributed by atoms with Gasteiger partial charge in [0.1, 0.15) is 0 Å². The van der Waals surface area contributed by atoms with Crippen LogP contribution in [0.4, 0.5) is 5.69 Å². The van der Waals surface area contributed by atoms with Crippen molar-refractivity contribution in [2.45, 2.75) is 0 Å². The van der Waals surface area contributed by atoms with Crippen molar-refractivity contribution in [3.8, 4) is 0 Å². The molecule has 0 bridgehead atoms. The SMILES string of the molecule is O=[N+]([O-])c1ccc(C(=Cc2ccc(Br)cc2)c2ccncc2)cc1. The van der Waals surface area contributed by atoms with Crippen molar-refractivity contribution in [1.29, 1.82) is 0 Å². The third-order valence-corrected chi connectivity index (χ3v) is 4.09. The normalized spacial score (nSPS) is 11.3. The summed E-state index contributed by atoms with van der Waals surface area (Å²) in [6.45, 7) is 0. The number of aromatic nitrogens is 1. The Balaban J connectivity index is 2.08. The number of halogens is 1. The van der Waals surface area contributed by atoms with Crippen LogP contribution in [-0.2, 0) is 0 Å². The van der Waals surface area contributed by atoms with Crippen LogP contribution in [0.2, 0.25) is 0 Å². The van der Waals surface area contributed by atoms with Crippen molar-refractivity contribution in [2.24, 2.45) is 0 Å². The summed E-state index contributed by atoms with van der Waals surface area (Å²) < 4.78 is 1.01. The third kappa shape index (κ3) is 3.75. The monoisotopic (exact) mass is 380 g/mol.